The molecule has 1 N–H and O–H groups in total. The summed E-state index contributed by atoms with van der Waals surface area (Å²) in [5.74, 6) is 0.515. The summed E-state index contributed by atoms with van der Waals surface area (Å²) in [6.07, 6.45) is -3.97. The van der Waals surface area contributed by atoms with Gasteiger partial charge in [0.1, 0.15) is 6.61 Å². The first kappa shape index (κ1) is 15.6. The largest absolute Gasteiger partial charge is 0.493 e. The van der Waals surface area contributed by atoms with Gasteiger partial charge in [0.15, 0.2) is 17.1 Å². The highest BCUT2D eigenvalue weighted by molar-refractivity contribution is 5.43. The van der Waals surface area contributed by atoms with Crippen LogP contribution >= 0.6 is 0 Å². The molecule has 108 valence electrons. The molecular formula is C13H17F3O3. The molecule has 6 heteroatoms. The van der Waals surface area contributed by atoms with Crippen LogP contribution in [0.2, 0.25) is 0 Å². The molecule has 1 aromatic rings. The summed E-state index contributed by atoms with van der Waals surface area (Å²) in [5, 5.41) is 9.29. The lowest BCUT2D eigenvalue weighted by Gasteiger charge is -2.26. The molecule has 19 heavy (non-hydrogen) atoms. The zero-order valence-electron chi connectivity index (χ0n) is 11.0. The van der Waals surface area contributed by atoms with Crippen molar-refractivity contribution < 1.29 is 27.8 Å². The molecule has 0 aliphatic heterocycles. The van der Waals surface area contributed by atoms with Gasteiger partial charge in [0.2, 0.25) is 0 Å². The van der Waals surface area contributed by atoms with Crippen molar-refractivity contribution in [1.82, 2.24) is 0 Å². The average Bonchev–Trinajstić information content (AvgIpc) is 2.34. The van der Waals surface area contributed by atoms with Crippen LogP contribution in [0.3, 0.4) is 0 Å². The van der Waals surface area contributed by atoms with Crippen molar-refractivity contribution in [3.8, 4) is 11.5 Å². The molecule has 1 atom stereocenters. The van der Waals surface area contributed by atoms with Crippen molar-refractivity contribution in [1.29, 1.82) is 0 Å². The minimum absolute atomic E-state index is 0.171. The fourth-order valence-electron chi connectivity index (χ4n) is 1.35. The Morgan fingerprint density at radius 3 is 2.32 bits per heavy atom. The molecule has 0 aliphatic carbocycles. The van der Waals surface area contributed by atoms with E-state index in [-0.39, 0.29) is 5.75 Å². The summed E-state index contributed by atoms with van der Waals surface area (Å²) in [6, 6.07) is 4.96. The summed E-state index contributed by atoms with van der Waals surface area (Å²) < 4.78 is 47.5. The molecule has 0 aliphatic rings. The third-order valence-corrected chi connectivity index (χ3v) is 2.76. The highest BCUT2D eigenvalue weighted by Crippen LogP contribution is 2.33. The van der Waals surface area contributed by atoms with E-state index in [1.165, 1.54) is 13.2 Å². The van der Waals surface area contributed by atoms with E-state index in [2.05, 4.69) is 0 Å². The maximum Gasteiger partial charge on any atom is 0.420 e. The van der Waals surface area contributed by atoms with Gasteiger partial charge in [0, 0.05) is 0 Å². The Bertz CT molecular complexity index is 428. The van der Waals surface area contributed by atoms with Crippen LogP contribution in [-0.2, 0) is 6.42 Å². The maximum atomic E-state index is 12.5. The fourth-order valence-corrected chi connectivity index (χ4v) is 1.35. The zero-order valence-corrected chi connectivity index (χ0v) is 11.0. The maximum absolute atomic E-state index is 12.5. The third kappa shape index (κ3) is 3.76. The standard InChI is InChI=1S/C13H17F3O3/c1-4-9-5-6-10(11(7-9)18-3)19-8-12(2,17)13(14,15)16/h5-7,17H,4,8H2,1-3H3. The van der Waals surface area contributed by atoms with E-state index < -0.39 is 18.4 Å². The highest BCUT2D eigenvalue weighted by Gasteiger charge is 2.50. The van der Waals surface area contributed by atoms with Gasteiger partial charge in [-0.05, 0) is 31.0 Å². The molecule has 0 amide bonds. The van der Waals surface area contributed by atoms with Crippen LogP contribution in [-0.4, -0.2) is 30.6 Å². The van der Waals surface area contributed by atoms with Crippen molar-refractivity contribution in [3.05, 3.63) is 23.8 Å². The number of ether oxygens (including phenoxy) is 2. The Labute approximate surface area is 110 Å². The van der Waals surface area contributed by atoms with E-state index in [0.29, 0.717) is 12.7 Å². The Morgan fingerprint density at radius 2 is 1.84 bits per heavy atom. The lowest BCUT2D eigenvalue weighted by Crippen LogP contribution is -2.47. The van der Waals surface area contributed by atoms with Crippen LogP contribution in [0.5, 0.6) is 11.5 Å². The normalized spacial score (nSPS) is 14.9. The minimum Gasteiger partial charge on any atom is -0.493 e. The van der Waals surface area contributed by atoms with Crippen LogP contribution < -0.4 is 9.47 Å². The quantitative estimate of drug-likeness (QED) is 0.900. The number of methoxy groups -OCH3 is 1. The first-order valence-corrected chi connectivity index (χ1v) is 5.80. The fraction of sp³-hybridized carbons (Fsp3) is 0.538. The minimum atomic E-state index is -4.75. The molecule has 3 nitrogen and oxygen atoms in total. The summed E-state index contributed by atoms with van der Waals surface area (Å²) in [4.78, 5) is 0. The molecule has 0 radical (unpaired) electrons. The summed E-state index contributed by atoms with van der Waals surface area (Å²) >= 11 is 0. The number of aryl methyl sites for hydroxylation is 1. The van der Waals surface area contributed by atoms with Gasteiger partial charge < -0.3 is 14.6 Å². The van der Waals surface area contributed by atoms with E-state index in [1.807, 2.05) is 6.92 Å². The smallest absolute Gasteiger partial charge is 0.420 e. The number of benzene rings is 1. The summed E-state index contributed by atoms with van der Waals surface area (Å²) in [6.45, 7) is 1.72. The highest BCUT2D eigenvalue weighted by atomic mass is 19.4. The molecule has 0 saturated heterocycles. The molecule has 1 rings (SSSR count). The Morgan fingerprint density at radius 1 is 1.21 bits per heavy atom. The molecule has 0 fully saturated rings. The zero-order chi connectivity index (χ0) is 14.7. The van der Waals surface area contributed by atoms with Gasteiger partial charge in [-0.2, -0.15) is 13.2 Å². The first-order valence-electron chi connectivity index (χ1n) is 5.80. The monoisotopic (exact) mass is 278 g/mol. The molecule has 1 unspecified atom stereocenters. The molecule has 0 aromatic heterocycles. The van der Waals surface area contributed by atoms with E-state index >= 15 is 0 Å². The van der Waals surface area contributed by atoms with Gasteiger partial charge in [-0.3, -0.25) is 0 Å². The second kappa shape index (κ2) is 5.69. The number of aliphatic hydroxyl groups is 1. The van der Waals surface area contributed by atoms with Gasteiger partial charge in [-0.15, -0.1) is 0 Å². The number of hydrogen-bond acceptors (Lipinski definition) is 3. The van der Waals surface area contributed by atoms with Gasteiger partial charge in [-0.1, -0.05) is 13.0 Å². The predicted octanol–water partition coefficient (Wildman–Crippen LogP) is 2.95. The van der Waals surface area contributed by atoms with Crippen LogP contribution in [0.4, 0.5) is 13.2 Å². The Balaban J connectivity index is 2.83. The van der Waals surface area contributed by atoms with Crippen LogP contribution in [0.1, 0.15) is 19.4 Å². The Kier molecular flexibility index (Phi) is 4.68. The second-order valence-electron chi connectivity index (χ2n) is 4.40. The third-order valence-electron chi connectivity index (χ3n) is 2.76. The topological polar surface area (TPSA) is 38.7 Å². The summed E-state index contributed by atoms with van der Waals surface area (Å²) in [5.41, 5.74) is -1.92. The van der Waals surface area contributed by atoms with Crippen molar-refractivity contribution in [2.24, 2.45) is 0 Å². The van der Waals surface area contributed by atoms with Crippen molar-refractivity contribution in [2.75, 3.05) is 13.7 Å². The van der Waals surface area contributed by atoms with Gasteiger partial charge in [0.05, 0.1) is 7.11 Å². The van der Waals surface area contributed by atoms with E-state index in [4.69, 9.17) is 9.47 Å². The Hall–Kier alpha value is -1.43. The van der Waals surface area contributed by atoms with E-state index in [0.717, 1.165) is 12.0 Å². The van der Waals surface area contributed by atoms with Crippen LogP contribution in [0.25, 0.3) is 0 Å². The molecule has 0 saturated carbocycles. The molecule has 0 spiro atoms. The molecule has 0 heterocycles. The van der Waals surface area contributed by atoms with Crippen molar-refractivity contribution in [3.63, 3.8) is 0 Å². The predicted molar refractivity (Wildman–Crippen MR) is 64.5 cm³/mol. The van der Waals surface area contributed by atoms with Gasteiger partial charge in [0.25, 0.3) is 0 Å². The molecular weight excluding hydrogens is 261 g/mol. The van der Waals surface area contributed by atoms with Crippen molar-refractivity contribution >= 4 is 0 Å². The molecule has 1 aromatic carbocycles. The van der Waals surface area contributed by atoms with Crippen LogP contribution in [0.15, 0.2) is 18.2 Å². The molecule has 0 bridgehead atoms. The number of halogens is 3. The lowest BCUT2D eigenvalue weighted by molar-refractivity contribution is -0.260. The first-order chi connectivity index (χ1) is 8.71. The lowest BCUT2D eigenvalue weighted by atomic mass is 10.1. The number of rotatable bonds is 5. The summed E-state index contributed by atoms with van der Waals surface area (Å²) in [7, 11) is 1.41. The number of alkyl halides is 3. The van der Waals surface area contributed by atoms with Crippen LogP contribution in [0, 0.1) is 0 Å². The average molecular weight is 278 g/mol. The van der Waals surface area contributed by atoms with Gasteiger partial charge >= 0.3 is 6.18 Å². The van der Waals surface area contributed by atoms with Crippen molar-refractivity contribution in [2.45, 2.75) is 32.0 Å². The second-order valence-corrected chi connectivity index (χ2v) is 4.40. The SMILES string of the molecule is CCc1ccc(OCC(C)(O)C(F)(F)F)c(OC)c1. The number of hydrogen-bond donors (Lipinski definition) is 1. The van der Waals surface area contributed by atoms with E-state index in [9.17, 15) is 18.3 Å². The van der Waals surface area contributed by atoms with E-state index in [1.54, 1.807) is 12.1 Å². The van der Waals surface area contributed by atoms with Gasteiger partial charge in [-0.25, -0.2) is 0 Å².